The van der Waals surface area contributed by atoms with Crippen LogP contribution in [0.25, 0.3) is 0 Å². The predicted molar refractivity (Wildman–Crippen MR) is 66.0 cm³/mol. The zero-order chi connectivity index (χ0) is 11.3. The molecule has 0 spiro atoms. The number of unbranched alkanes of at least 4 members (excludes halogenated alkanes) is 1. The molecule has 82 valence electrons. The number of amides is 1. The fourth-order valence-corrected chi connectivity index (χ4v) is 1.74. The Kier molecular flexibility index (Phi) is 4.82. The van der Waals surface area contributed by atoms with Crippen LogP contribution in [-0.2, 0) is 0 Å². The van der Waals surface area contributed by atoms with Crippen molar-refractivity contribution in [3.05, 3.63) is 34.3 Å². The van der Waals surface area contributed by atoms with Crippen LogP contribution in [0.3, 0.4) is 0 Å². The van der Waals surface area contributed by atoms with Crippen molar-refractivity contribution in [1.82, 2.24) is 4.90 Å². The topological polar surface area (TPSA) is 20.3 Å². The van der Waals surface area contributed by atoms with Gasteiger partial charge in [-0.2, -0.15) is 0 Å². The summed E-state index contributed by atoms with van der Waals surface area (Å²) in [5.41, 5.74) is 0.739. The van der Waals surface area contributed by atoms with Gasteiger partial charge in [0.05, 0.1) is 0 Å². The second-order valence-corrected chi connectivity index (χ2v) is 4.51. The number of hydrogen-bond donors (Lipinski definition) is 0. The predicted octanol–water partition coefficient (Wildman–Crippen LogP) is 3.32. The smallest absolute Gasteiger partial charge is 0.253 e. The number of halogens is 1. The Morgan fingerprint density at radius 2 is 2.20 bits per heavy atom. The molecule has 0 bridgehead atoms. The first-order valence-electron chi connectivity index (χ1n) is 5.16. The molecule has 1 rings (SSSR count). The van der Waals surface area contributed by atoms with Crippen molar-refractivity contribution < 1.29 is 4.79 Å². The van der Waals surface area contributed by atoms with Crippen LogP contribution in [0.4, 0.5) is 0 Å². The molecule has 0 aliphatic rings. The highest BCUT2D eigenvalue weighted by molar-refractivity contribution is 9.10. The van der Waals surface area contributed by atoms with E-state index in [4.69, 9.17) is 0 Å². The summed E-state index contributed by atoms with van der Waals surface area (Å²) in [5, 5.41) is 0. The maximum absolute atomic E-state index is 11.9. The first kappa shape index (κ1) is 12.2. The molecule has 0 aliphatic heterocycles. The second-order valence-electron chi connectivity index (χ2n) is 3.59. The molecule has 3 heteroatoms. The molecule has 15 heavy (non-hydrogen) atoms. The summed E-state index contributed by atoms with van der Waals surface area (Å²) in [6.07, 6.45) is 2.16. The molecular weight excluding hydrogens is 254 g/mol. The van der Waals surface area contributed by atoms with E-state index in [0.29, 0.717) is 0 Å². The van der Waals surface area contributed by atoms with Gasteiger partial charge >= 0.3 is 0 Å². The highest BCUT2D eigenvalue weighted by Crippen LogP contribution is 2.13. The molecule has 0 fully saturated rings. The van der Waals surface area contributed by atoms with Gasteiger partial charge in [0.2, 0.25) is 0 Å². The summed E-state index contributed by atoms with van der Waals surface area (Å²) in [7, 11) is 1.85. The second kappa shape index (κ2) is 5.91. The molecule has 0 saturated carbocycles. The Hall–Kier alpha value is -0.830. The van der Waals surface area contributed by atoms with E-state index in [2.05, 4.69) is 22.9 Å². The number of hydrogen-bond acceptors (Lipinski definition) is 1. The minimum absolute atomic E-state index is 0.0877. The Labute approximate surface area is 99.4 Å². The van der Waals surface area contributed by atoms with Crippen LogP contribution < -0.4 is 0 Å². The zero-order valence-electron chi connectivity index (χ0n) is 9.16. The van der Waals surface area contributed by atoms with Crippen LogP contribution in [0.1, 0.15) is 30.1 Å². The van der Waals surface area contributed by atoms with Gasteiger partial charge in [-0.25, -0.2) is 0 Å². The van der Waals surface area contributed by atoms with E-state index in [-0.39, 0.29) is 5.91 Å². The van der Waals surface area contributed by atoms with E-state index in [0.717, 1.165) is 29.4 Å². The molecule has 0 unspecified atom stereocenters. The monoisotopic (exact) mass is 269 g/mol. The van der Waals surface area contributed by atoms with Gasteiger partial charge < -0.3 is 4.90 Å². The summed E-state index contributed by atoms with van der Waals surface area (Å²) in [6.45, 7) is 2.94. The molecule has 1 amide bonds. The number of benzene rings is 1. The van der Waals surface area contributed by atoms with Crippen LogP contribution in [0.15, 0.2) is 28.7 Å². The maximum Gasteiger partial charge on any atom is 0.253 e. The molecule has 0 aromatic heterocycles. The third kappa shape index (κ3) is 3.67. The van der Waals surface area contributed by atoms with Crippen LogP contribution in [0, 0.1) is 0 Å². The molecule has 0 heterocycles. The SMILES string of the molecule is CCCCN(C)C(=O)c1cccc(Br)c1. The molecular formula is C12H16BrNO. The summed E-state index contributed by atoms with van der Waals surface area (Å²) < 4.78 is 0.942. The number of rotatable bonds is 4. The van der Waals surface area contributed by atoms with Gasteiger partial charge in [-0.1, -0.05) is 35.3 Å². The highest BCUT2D eigenvalue weighted by atomic mass is 79.9. The van der Waals surface area contributed by atoms with E-state index >= 15 is 0 Å². The Morgan fingerprint density at radius 3 is 2.80 bits per heavy atom. The van der Waals surface area contributed by atoms with E-state index < -0.39 is 0 Å². The molecule has 1 aromatic rings. The quantitative estimate of drug-likeness (QED) is 0.821. The number of carbonyl (C=O) groups excluding carboxylic acids is 1. The lowest BCUT2D eigenvalue weighted by Crippen LogP contribution is -2.27. The van der Waals surface area contributed by atoms with Crippen LogP contribution in [-0.4, -0.2) is 24.4 Å². The minimum atomic E-state index is 0.0877. The fraction of sp³-hybridized carbons (Fsp3) is 0.417. The Balaban J connectivity index is 2.67. The molecule has 0 N–H and O–H groups in total. The highest BCUT2D eigenvalue weighted by Gasteiger charge is 2.10. The van der Waals surface area contributed by atoms with E-state index in [1.807, 2.05) is 31.3 Å². The Morgan fingerprint density at radius 1 is 1.47 bits per heavy atom. The van der Waals surface area contributed by atoms with E-state index in [1.54, 1.807) is 4.90 Å². The van der Waals surface area contributed by atoms with Gasteiger partial charge in [0.25, 0.3) is 5.91 Å². The lowest BCUT2D eigenvalue weighted by Gasteiger charge is -2.16. The molecule has 2 nitrogen and oxygen atoms in total. The summed E-state index contributed by atoms with van der Waals surface area (Å²) in [6, 6.07) is 7.49. The van der Waals surface area contributed by atoms with Crippen molar-refractivity contribution in [3.8, 4) is 0 Å². The normalized spacial score (nSPS) is 10.1. The van der Waals surface area contributed by atoms with E-state index in [1.165, 1.54) is 0 Å². The third-order valence-electron chi connectivity index (χ3n) is 2.27. The van der Waals surface area contributed by atoms with Gasteiger partial charge in [0.1, 0.15) is 0 Å². The van der Waals surface area contributed by atoms with Crippen molar-refractivity contribution in [2.45, 2.75) is 19.8 Å². The fourth-order valence-electron chi connectivity index (χ4n) is 1.34. The van der Waals surface area contributed by atoms with Crippen molar-refractivity contribution in [2.24, 2.45) is 0 Å². The standard InChI is InChI=1S/C12H16BrNO/c1-3-4-8-14(2)12(15)10-6-5-7-11(13)9-10/h5-7,9H,3-4,8H2,1-2H3. The van der Waals surface area contributed by atoms with Crippen LogP contribution in [0.5, 0.6) is 0 Å². The molecule has 1 aromatic carbocycles. The van der Waals surface area contributed by atoms with Crippen molar-refractivity contribution in [1.29, 1.82) is 0 Å². The van der Waals surface area contributed by atoms with Gasteiger partial charge in [-0.3, -0.25) is 4.79 Å². The number of nitrogens with zero attached hydrogens (tertiary/aromatic N) is 1. The average Bonchev–Trinajstić information content (AvgIpc) is 2.24. The van der Waals surface area contributed by atoms with Gasteiger partial charge in [-0.15, -0.1) is 0 Å². The third-order valence-corrected chi connectivity index (χ3v) is 2.76. The molecule has 0 atom stereocenters. The van der Waals surface area contributed by atoms with Gasteiger partial charge in [-0.05, 0) is 24.6 Å². The van der Waals surface area contributed by atoms with Crippen molar-refractivity contribution in [2.75, 3.05) is 13.6 Å². The first-order valence-corrected chi connectivity index (χ1v) is 5.95. The zero-order valence-corrected chi connectivity index (χ0v) is 10.8. The Bertz CT molecular complexity index is 338. The van der Waals surface area contributed by atoms with Gasteiger partial charge in [0, 0.05) is 23.6 Å². The lowest BCUT2D eigenvalue weighted by atomic mass is 10.2. The lowest BCUT2D eigenvalue weighted by molar-refractivity contribution is 0.0793. The summed E-state index contributed by atoms with van der Waals surface area (Å²) in [4.78, 5) is 13.7. The minimum Gasteiger partial charge on any atom is -0.342 e. The van der Waals surface area contributed by atoms with Gasteiger partial charge in [0.15, 0.2) is 0 Å². The van der Waals surface area contributed by atoms with Crippen molar-refractivity contribution >= 4 is 21.8 Å². The summed E-state index contributed by atoms with van der Waals surface area (Å²) >= 11 is 3.36. The average molecular weight is 270 g/mol. The molecule has 0 saturated heterocycles. The van der Waals surface area contributed by atoms with Crippen LogP contribution in [0.2, 0.25) is 0 Å². The number of carbonyl (C=O) groups is 1. The van der Waals surface area contributed by atoms with Crippen LogP contribution >= 0.6 is 15.9 Å². The largest absolute Gasteiger partial charge is 0.342 e. The summed E-state index contributed by atoms with van der Waals surface area (Å²) in [5.74, 6) is 0.0877. The molecule has 0 aliphatic carbocycles. The van der Waals surface area contributed by atoms with E-state index in [9.17, 15) is 4.79 Å². The first-order chi connectivity index (χ1) is 7.15. The maximum atomic E-state index is 11.9. The van der Waals surface area contributed by atoms with Crippen molar-refractivity contribution in [3.63, 3.8) is 0 Å². The molecule has 0 radical (unpaired) electrons.